The predicted octanol–water partition coefficient (Wildman–Crippen LogP) is 3.04. The maximum atomic E-state index is 4.09. The number of hydrogen-bond acceptors (Lipinski definition) is 3. The zero-order valence-electron chi connectivity index (χ0n) is 8.01. The summed E-state index contributed by atoms with van der Waals surface area (Å²) in [6.45, 7) is 6.49. The summed E-state index contributed by atoms with van der Waals surface area (Å²) in [6, 6.07) is 0. The van der Waals surface area contributed by atoms with Gasteiger partial charge in [0.1, 0.15) is 0 Å². The van der Waals surface area contributed by atoms with Crippen molar-refractivity contribution >= 4 is 27.5 Å². The van der Waals surface area contributed by atoms with Gasteiger partial charge in [-0.25, -0.2) is 0 Å². The first-order chi connectivity index (χ1) is 6.20. The summed E-state index contributed by atoms with van der Waals surface area (Å²) < 4.78 is 5.21. The zero-order chi connectivity index (χ0) is 9.68. The molecule has 1 rings (SSSR count). The van der Waals surface area contributed by atoms with Crippen molar-refractivity contribution in [2.45, 2.75) is 26.8 Å². The molecule has 1 heterocycles. The Morgan fingerprint density at radius 2 is 2.38 bits per heavy atom. The molecule has 4 heteroatoms. The Morgan fingerprint density at radius 1 is 1.62 bits per heavy atom. The van der Waals surface area contributed by atoms with Crippen molar-refractivity contribution < 1.29 is 0 Å². The van der Waals surface area contributed by atoms with Crippen molar-refractivity contribution in [1.29, 1.82) is 0 Å². The Kier molecular flexibility index (Phi) is 4.91. The van der Waals surface area contributed by atoms with E-state index in [2.05, 4.69) is 39.5 Å². The molecule has 0 saturated heterocycles. The van der Waals surface area contributed by atoms with Crippen molar-refractivity contribution in [1.82, 2.24) is 9.69 Å². The van der Waals surface area contributed by atoms with Crippen LogP contribution in [0.25, 0.3) is 0 Å². The number of halogens is 1. The van der Waals surface area contributed by atoms with Crippen LogP contribution >= 0.6 is 27.5 Å². The van der Waals surface area contributed by atoms with E-state index in [0.717, 1.165) is 23.5 Å². The molecule has 0 aromatic carbocycles. The molecule has 0 aliphatic heterocycles. The van der Waals surface area contributed by atoms with E-state index in [-0.39, 0.29) is 0 Å². The molecule has 0 aliphatic carbocycles. The van der Waals surface area contributed by atoms with Crippen LogP contribution in [0.2, 0.25) is 0 Å². The van der Waals surface area contributed by atoms with Crippen LogP contribution in [0, 0.1) is 5.92 Å². The van der Waals surface area contributed by atoms with E-state index in [0.29, 0.717) is 0 Å². The molecule has 0 aliphatic rings. The molecular formula is C9H15BrN2S. The minimum atomic E-state index is 0.775. The molecule has 2 nitrogen and oxygen atoms in total. The normalized spacial score (nSPS) is 11.1. The first-order valence-electron chi connectivity index (χ1n) is 4.50. The van der Waals surface area contributed by atoms with Crippen LogP contribution in [0.5, 0.6) is 0 Å². The smallest absolute Gasteiger partial charge is 0.0552 e. The van der Waals surface area contributed by atoms with Crippen LogP contribution < -0.4 is 5.32 Å². The van der Waals surface area contributed by atoms with Gasteiger partial charge in [0.2, 0.25) is 0 Å². The molecule has 13 heavy (non-hydrogen) atoms. The quantitative estimate of drug-likeness (QED) is 0.826. The minimum Gasteiger partial charge on any atom is -0.312 e. The average Bonchev–Trinajstić information content (AvgIpc) is 2.45. The third-order valence-corrected chi connectivity index (χ3v) is 3.52. The Hall–Kier alpha value is 0.0700. The monoisotopic (exact) mass is 262 g/mol. The van der Waals surface area contributed by atoms with Gasteiger partial charge in [0.25, 0.3) is 0 Å². The molecule has 1 aromatic rings. The fourth-order valence-electron chi connectivity index (χ4n) is 0.961. The lowest BCUT2D eigenvalue weighted by Crippen LogP contribution is -2.15. The largest absolute Gasteiger partial charge is 0.312 e. The minimum absolute atomic E-state index is 0.775. The van der Waals surface area contributed by atoms with Crippen LogP contribution in [0.15, 0.2) is 10.7 Å². The van der Waals surface area contributed by atoms with Crippen molar-refractivity contribution in [3.63, 3.8) is 0 Å². The van der Waals surface area contributed by atoms with Crippen molar-refractivity contribution in [2.24, 2.45) is 5.92 Å². The predicted molar refractivity (Wildman–Crippen MR) is 61.0 cm³/mol. The molecule has 0 unspecified atom stereocenters. The summed E-state index contributed by atoms with van der Waals surface area (Å²) >= 11 is 5.00. The van der Waals surface area contributed by atoms with E-state index in [1.807, 2.05) is 6.20 Å². The standard InChI is InChI=1S/C9H15BrN2S/c1-7(2)3-4-11-6-9-8(10)5-12-13-9/h5,7,11H,3-4,6H2,1-2H3. The summed E-state index contributed by atoms with van der Waals surface area (Å²) in [5.41, 5.74) is 0. The topological polar surface area (TPSA) is 24.9 Å². The van der Waals surface area contributed by atoms with Crippen LogP contribution in [0.1, 0.15) is 25.1 Å². The van der Waals surface area contributed by atoms with Gasteiger partial charge in [-0.2, -0.15) is 4.37 Å². The second kappa shape index (κ2) is 5.73. The maximum absolute atomic E-state index is 4.09. The van der Waals surface area contributed by atoms with Gasteiger partial charge in [0.15, 0.2) is 0 Å². The molecule has 0 radical (unpaired) electrons. The number of hydrogen-bond donors (Lipinski definition) is 1. The lowest BCUT2D eigenvalue weighted by Gasteiger charge is -2.05. The molecule has 74 valence electrons. The van der Waals surface area contributed by atoms with Gasteiger partial charge in [-0.05, 0) is 46.3 Å². The van der Waals surface area contributed by atoms with E-state index >= 15 is 0 Å². The molecule has 0 saturated carbocycles. The third-order valence-electron chi connectivity index (χ3n) is 1.78. The van der Waals surface area contributed by atoms with Gasteiger partial charge < -0.3 is 5.32 Å². The summed E-state index contributed by atoms with van der Waals surface area (Å²) in [5.74, 6) is 0.775. The van der Waals surface area contributed by atoms with Gasteiger partial charge in [-0.15, -0.1) is 0 Å². The van der Waals surface area contributed by atoms with E-state index < -0.39 is 0 Å². The highest BCUT2D eigenvalue weighted by atomic mass is 79.9. The number of aromatic nitrogens is 1. The Labute approximate surface area is 92.0 Å². The first-order valence-corrected chi connectivity index (χ1v) is 6.06. The van der Waals surface area contributed by atoms with Crippen molar-refractivity contribution in [3.8, 4) is 0 Å². The number of nitrogens with zero attached hydrogens (tertiary/aromatic N) is 1. The molecule has 0 atom stereocenters. The van der Waals surface area contributed by atoms with Gasteiger partial charge in [-0.1, -0.05) is 13.8 Å². The molecule has 0 bridgehead atoms. The summed E-state index contributed by atoms with van der Waals surface area (Å²) in [6.07, 6.45) is 3.08. The van der Waals surface area contributed by atoms with Gasteiger partial charge in [-0.3, -0.25) is 0 Å². The summed E-state index contributed by atoms with van der Waals surface area (Å²) in [5, 5.41) is 3.40. The summed E-state index contributed by atoms with van der Waals surface area (Å²) in [4.78, 5) is 1.28. The highest BCUT2D eigenvalue weighted by Gasteiger charge is 2.01. The Balaban J connectivity index is 2.17. The Bertz CT molecular complexity index is 248. The van der Waals surface area contributed by atoms with Crippen molar-refractivity contribution in [2.75, 3.05) is 6.54 Å². The fourth-order valence-corrected chi connectivity index (χ4v) is 2.15. The molecule has 0 amide bonds. The maximum Gasteiger partial charge on any atom is 0.0552 e. The molecule has 1 N–H and O–H groups in total. The third kappa shape index (κ3) is 4.20. The first kappa shape index (κ1) is 11.1. The zero-order valence-corrected chi connectivity index (χ0v) is 10.4. The van der Waals surface area contributed by atoms with E-state index in [4.69, 9.17) is 0 Å². The van der Waals surface area contributed by atoms with Gasteiger partial charge in [0, 0.05) is 6.54 Å². The Morgan fingerprint density at radius 3 is 2.92 bits per heavy atom. The highest BCUT2D eigenvalue weighted by molar-refractivity contribution is 9.10. The van der Waals surface area contributed by atoms with E-state index in [1.54, 1.807) is 11.5 Å². The lowest BCUT2D eigenvalue weighted by molar-refractivity contribution is 0.539. The van der Waals surface area contributed by atoms with Gasteiger partial charge in [0.05, 0.1) is 15.5 Å². The SMILES string of the molecule is CC(C)CCNCc1sncc1Br. The average molecular weight is 263 g/mol. The summed E-state index contributed by atoms with van der Waals surface area (Å²) in [7, 11) is 0. The number of nitrogens with one attached hydrogen (secondary N) is 1. The highest BCUT2D eigenvalue weighted by Crippen LogP contribution is 2.19. The second-order valence-electron chi connectivity index (χ2n) is 3.46. The second-order valence-corrected chi connectivity index (χ2v) is 5.20. The van der Waals surface area contributed by atoms with Crippen LogP contribution in [0.3, 0.4) is 0 Å². The fraction of sp³-hybridized carbons (Fsp3) is 0.667. The lowest BCUT2D eigenvalue weighted by atomic mass is 10.1. The van der Waals surface area contributed by atoms with E-state index in [1.165, 1.54) is 11.3 Å². The van der Waals surface area contributed by atoms with Crippen molar-refractivity contribution in [3.05, 3.63) is 15.5 Å². The van der Waals surface area contributed by atoms with Crippen LogP contribution in [0.4, 0.5) is 0 Å². The number of rotatable bonds is 5. The molecule has 1 aromatic heterocycles. The van der Waals surface area contributed by atoms with Crippen LogP contribution in [-0.2, 0) is 6.54 Å². The molecular weight excluding hydrogens is 248 g/mol. The molecule has 0 spiro atoms. The van der Waals surface area contributed by atoms with Gasteiger partial charge >= 0.3 is 0 Å². The van der Waals surface area contributed by atoms with Crippen LogP contribution in [-0.4, -0.2) is 10.9 Å². The molecule has 0 fully saturated rings. The van der Waals surface area contributed by atoms with E-state index in [9.17, 15) is 0 Å².